The molecular formula is C9H9NS2. The molecule has 0 saturated carbocycles. The zero-order valence-electron chi connectivity index (χ0n) is 6.45. The van der Waals surface area contributed by atoms with E-state index in [0.29, 0.717) is 0 Å². The Labute approximate surface area is 80.6 Å². The highest BCUT2D eigenvalue weighted by Gasteiger charge is 2.01. The van der Waals surface area contributed by atoms with E-state index < -0.39 is 0 Å². The van der Waals surface area contributed by atoms with Crippen molar-refractivity contribution in [3.8, 4) is 0 Å². The van der Waals surface area contributed by atoms with Gasteiger partial charge in [-0.3, -0.25) is 0 Å². The summed E-state index contributed by atoms with van der Waals surface area (Å²) >= 11 is 5.95. The van der Waals surface area contributed by atoms with Crippen molar-refractivity contribution >= 4 is 39.7 Å². The fraction of sp³-hybridized carbons (Fsp3) is 0.111. The average molecular weight is 195 g/mol. The summed E-state index contributed by atoms with van der Waals surface area (Å²) in [4.78, 5) is 1.27. The molecular weight excluding hydrogens is 186 g/mol. The van der Waals surface area contributed by atoms with Gasteiger partial charge in [0.2, 0.25) is 0 Å². The smallest absolute Gasteiger partial charge is 0.0575 e. The molecule has 0 aliphatic carbocycles. The summed E-state index contributed by atoms with van der Waals surface area (Å²) in [5.41, 5.74) is 6.68. The summed E-state index contributed by atoms with van der Waals surface area (Å²) in [6.45, 7) is 0. The third-order valence-corrected chi connectivity index (χ3v) is 3.54. The lowest BCUT2D eigenvalue weighted by Crippen LogP contribution is -1.81. The molecule has 62 valence electrons. The predicted molar refractivity (Wildman–Crippen MR) is 58.9 cm³/mol. The van der Waals surface area contributed by atoms with Gasteiger partial charge in [-0.2, -0.15) is 12.6 Å². The number of thiophene rings is 1. The highest BCUT2D eigenvalue weighted by Crippen LogP contribution is 2.30. The fourth-order valence-electron chi connectivity index (χ4n) is 1.22. The van der Waals surface area contributed by atoms with Crippen molar-refractivity contribution in [2.75, 3.05) is 5.73 Å². The van der Waals surface area contributed by atoms with E-state index in [2.05, 4.69) is 24.8 Å². The Balaban J connectivity index is 2.74. The van der Waals surface area contributed by atoms with Crippen molar-refractivity contribution in [1.29, 1.82) is 0 Å². The van der Waals surface area contributed by atoms with E-state index in [1.54, 1.807) is 11.3 Å². The lowest BCUT2D eigenvalue weighted by molar-refractivity contribution is 1.58. The fourth-order valence-corrected chi connectivity index (χ4v) is 2.45. The lowest BCUT2D eigenvalue weighted by atomic mass is 10.2. The number of hydrogen-bond donors (Lipinski definition) is 2. The maximum absolute atomic E-state index is 5.81. The van der Waals surface area contributed by atoms with Gasteiger partial charge < -0.3 is 5.73 Å². The second kappa shape index (κ2) is 2.99. The number of fused-ring (bicyclic) bond motifs is 1. The standard InChI is InChI=1S/C9H9NS2/c10-8-3-1-2-6-4-7(5-11)12-9(6)8/h1-4,11H,5,10H2. The van der Waals surface area contributed by atoms with E-state index in [-0.39, 0.29) is 0 Å². The molecule has 0 radical (unpaired) electrons. The third-order valence-electron chi connectivity index (χ3n) is 1.78. The highest BCUT2D eigenvalue weighted by atomic mass is 32.1. The summed E-state index contributed by atoms with van der Waals surface area (Å²) in [5, 5.41) is 1.23. The van der Waals surface area contributed by atoms with Crippen LogP contribution in [-0.4, -0.2) is 0 Å². The molecule has 0 bridgehead atoms. The van der Waals surface area contributed by atoms with Crippen LogP contribution in [0.4, 0.5) is 5.69 Å². The van der Waals surface area contributed by atoms with E-state index >= 15 is 0 Å². The van der Waals surface area contributed by atoms with Gasteiger partial charge in [-0.1, -0.05) is 12.1 Å². The first-order valence-electron chi connectivity index (χ1n) is 3.69. The Hall–Kier alpha value is -0.670. The number of rotatable bonds is 1. The zero-order chi connectivity index (χ0) is 8.55. The van der Waals surface area contributed by atoms with Crippen molar-refractivity contribution in [3.05, 3.63) is 29.1 Å². The van der Waals surface area contributed by atoms with Crippen LogP contribution in [0.25, 0.3) is 10.1 Å². The first-order valence-corrected chi connectivity index (χ1v) is 5.14. The summed E-state index contributed by atoms with van der Waals surface area (Å²) < 4.78 is 1.18. The third kappa shape index (κ3) is 1.19. The topological polar surface area (TPSA) is 26.0 Å². The lowest BCUT2D eigenvalue weighted by Gasteiger charge is -1.92. The van der Waals surface area contributed by atoms with Gasteiger partial charge in [0.05, 0.1) is 4.70 Å². The van der Waals surface area contributed by atoms with Crippen LogP contribution in [0.5, 0.6) is 0 Å². The average Bonchev–Trinajstić information content (AvgIpc) is 2.49. The Kier molecular flexibility index (Phi) is 1.98. The van der Waals surface area contributed by atoms with Crippen LogP contribution in [0.15, 0.2) is 24.3 Å². The zero-order valence-corrected chi connectivity index (χ0v) is 8.16. The van der Waals surface area contributed by atoms with Crippen LogP contribution < -0.4 is 5.73 Å². The maximum Gasteiger partial charge on any atom is 0.0575 e. The number of nitrogen functional groups attached to an aromatic ring is 1. The molecule has 0 unspecified atom stereocenters. The monoisotopic (exact) mass is 195 g/mol. The first-order chi connectivity index (χ1) is 5.81. The van der Waals surface area contributed by atoms with E-state index in [1.165, 1.54) is 15.0 Å². The molecule has 1 heterocycles. The number of benzene rings is 1. The molecule has 0 saturated heterocycles. The molecule has 3 heteroatoms. The molecule has 12 heavy (non-hydrogen) atoms. The van der Waals surface area contributed by atoms with Gasteiger partial charge in [-0.05, 0) is 17.5 Å². The largest absolute Gasteiger partial charge is 0.398 e. The minimum Gasteiger partial charge on any atom is -0.398 e. The summed E-state index contributed by atoms with van der Waals surface area (Å²) in [6, 6.07) is 8.13. The van der Waals surface area contributed by atoms with Crippen molar-refractivity contribution in [1.82, 2.24) is 0 Å². The maximum atomic E-state index is 5.81. The van der Waals surface area contributed by atoms with Gasteiger partial charge in [0.15, 0.2) is 0 Å². The van der Waals surface area contributed by atoms with Gasteiger partial charge in [0.1, 0.15) is 0 Å². The molecule has 0 amide bonds. The minimum atomic E-state index is 0.790. The number of hydrogen-bond acceptors (Lipinski definition) is 3. The second-order valence-electron chi connectivity index (χ2n) is 2.64. The Bertz CT molecular complexity index is 406. The Morgan fingerprint density at radius 3 is 2.92 bits per heavy atom. The molecule has 0 atom stereocenters. The van der Waals surface area contributed by atoms with Crippen LogP contribution in [0.1, 0.15) is 4.88 Å². The number of nitrogens with two attached hydrogens (primary N) is 1. The number of anilines is 1. The number of thiol groups is 1. The Morgan fingerprint density at radius 1 is 1.42 bits per heavy atom. The molecule has 0 aliphatic rings. The van der Waals surface area contributed by atoms with Crippen LogP contribution in [-0.2, 0) is 5.75 Å². The van der Waals surface area contributed by atoms with E-state index in [9.17, 15) is 0 Å². The normalized spacial score (nSPS) is 10.8. The molecule has 2 N–H and O–H groups in total. The van der Waals surface area contributed by atoms with Crippen LogP contribution >= 0.6 is 24.0 Å². The van der Waals surface area contributed by atoms with Gasteiger partial charge in [0, 0.05) is 16.3 Å². The van der Waals surface area contributed by atoms with Crippen LogP contribution in [0.3, 0.4) is 0 Å². The summed E-state index contributed by atoms with van der Waals surface area (Å²) in [7, 11) is 0. The predicted octanol–water partition coefficient (Wildman–Crippen LogP) is 2.91. The van der Waals surface area contributed by atoms with Gasteiger partial charge in [0.25, 0.3) is 0 Å². The van der Waals surface area contributed by atoms with Crippen LogP contribution in [0, 0.1) is 0 Å². The van der Waals surface area contributed by atoms with Gasteiger partial charge in [-0.15, -0.1) is 11.3 Å². The molecule has 0 aliphatic heterocycles. The van der Waals surface area contributed by atoms with E-state index in [0.717, 1.165) is 11.4 Å². The Morgan fingerprint density at radius 2 is 2.25 bits per heavy atom. The van der Waals surface area contributed by atoms with Crippen molar-refractivity contribution < 1.29 is 0 Å². The SMILES string of the molecule is Nc1cccc2cc(CS)sc12. The molecule has 1 aromatic heterocycles. The molecule has 2 aromatic rings. The molecule has 2 rings (SSSR count). The second-order valence-corrected chi connectivity index (χ2v) is 4.09. The highest BCUT2D eigenvalue weighted by molar-refractivity contribution is 7.79. The minimum absolute atomic E-state index is 0.790. The van der Waals surface area contributed by atoms with Gasteiger partial charge in [-0.25, -0.2) is 0 Å². The van der Waals surface area contributed by atoms with E-state index in [4.69, 9.17) is 5.73 Å². The molecule has 0 fully saturated rings. The van der Waals surface area contributed by atoms with Gasteiger partial charge >= 0.3 is 0 Å². The quantitative estimate of drug-likeness (QED) is 0.531. The van der Waals surface area contributed by atoms with Crippen molar-refractivity contribution in [3.63, 3.8) is 0 Å². The molecule has 1 aromatic carbocycles. The molecule has 0 spiro atoms. The first kappa shape index (κ1) is 7.95. The van der Waals surface area contributed by atoms with E-state index in [1.807, 2.05) is 12.1 Å². The van der Waals surface area contributed by atoms with Crippen molar-refractivity contribution in [2.45, 2.75) is 5.75 Å². The van der Waals surface area contributed by atoms with Crippen LogP contribution in [0.2, 0.25) is 0 Å². The van der Waals surface area contributed by atoms with Crippen molar-refractivity contribution in [2.24, 2.45) is 0 Å². The summed E-state index contributed by atoms with van der Waals surface area (Å²) in [6.07, 6.45) is 0. The summed E-state index contributed by atoms with van der Waals surface area (Å²) in [5.74, 6) is 0.790. The molecule has 1 nitrogen and oxygen atoms in total.